The fraction of sp³-hybridized carbons (Fsp3) is 0.300. The van der Waals surface area contributed by atoms with Crippen LogP contribution >= 0.6 is 0 Å². The van der Waals surface area contributed by atoms with E-state index in [0.717, 1.165) is 0 Å². The van der Waals surface area contributed by atoms with Gasteiger partial charge in [0.2, 0.25) is 10.0 Å². The van der Waals surface area contributed by atoms with Crippen LogP contribution in [0.15, 0.2) is 56.6 Å². The summed E-state index contributed by atoms with van der Waals surface area (Å²) in [5, 5.41) is 0. The summed E-state index contributed by atoms with van der Waals surface area (Å²) in [6, 6.07) is 10.8. The minimum atomic E-state index is -3.69. The van der Waals surface area contributed by atoms with Crippen LogP contribution in [0.25, 0.3) is 11.1 Å². The number of methoxy groups -OCH3 is 1. The Morgan fingerprint density at radius 3 is 2.34 bits per heavy atom. The molecule has 154 valence electrons. The summed E-state index contributed by atoms with van der Waals surface area (Å²) < 4.78 is 38.1. The van der Waals surface area contributed by atoms with Gasteiger partial charge in [0.15, 0.2) is 11.4 Å². The van der Waals surface area contributed by atoms with Gasteiger partial charge in [-0.05, 0) is 36.4 Å². The summed E-state index contributed by atoms with van der Waals surface area (Å²) in [5.74, 6) is -0.383. The molecule has 1 heterocycles. The standard InChI is InChI=1S/C20H22N2O6S/c1-4-21(5-2)29(25,26)16-10-11-17-19(12-16)28-20(24)22(17)13-18(23)14-6-8-15(27-3)9-7-14/h6-12H,4-5,13H2,1-3H3. The van der Waals surface area contributed by atoms with Crippen molar-refractivity contribution in [2.45, 2.75) is 25.3 Å². The number of Topliss-reactive ketones (excluding diaryl/α,β-unsaturated/α-hetero) is 1. The van der Waals surface area contributed by atoms with E-state index in [2.05, 4.69) is 0 Å². The number of hydrogen-bond donors (Lipinski definition) is 0. The number of aromatic nitrogens is 1. The smallest absolute Gasteiger partial charge is 0.420 e. The van der Waals surface area contributed by atoms with E-state index in [1.54, 1.807) is 38.1 Å². The van der Waals surface area contributed by atoms with Gasteiger partial charge in [-0.1, -0.05) is 13.8 Å². The van der Waals surface area contributed by atoms with E-state index >= 15 is 0 Å². The number of ketones is 1. The molecule has 0 spiro atoms. The van der Waals surface area contributed by atoms with Crippen molar-refractivity contribution in [1.82, 2.24) is 8.87 Å². The van der Waals surface area contributed by atoms with Crippen LogP contribution < -0.4 is 10.5 Å². The third kappa shape index (κ3) is 3.96. The van der Waals surface area contributed by atoms with Crippen molar-refractivity contribution in [2.24, 2.45) is 0 Å². The van der Waals surface area contributed by atoms with E-state index in [1.165, 1.54) is 34.2 Å². The quantitative estimate of drug-likeness (QED) is 0.521. The SMILES string of the molecule is CCN(CC)S(=O)(=O)c1ccc2c(c1)oc(=O)n2CC(=O)c1ccc(OC)cc1. The van der Waals surface area contributed by atoms with Crippen LogP contribution in [-0.4, -0.2) is 43.3 Å². The molecule has 9 heteroatoms. The average Bonchev–Trinajstić information content (AvgIpc) is 3.03. The number of nitrogens with zero attached hydrogens (tertiary/aromatic N) is 2. The van der Waals surface area contributed by atoms with Crippen molar-refractivity contribution in [3.05, 3.63) is 58.6 Å². The van der Waals surface area contributed by atoms with Gasteiger partial charge in [0.1, 0.15) is 5.75 Å². The predicted molar refractivity (Wildman–Crippen MR) is 108 cm³/mol. The molecule has 0 aliphatic heterocycles. The summed E-state index contributed by atoms with van der Waals surface area (Å²) in [6.07, 6.45) is 0. The van der Waals surface area contributed by atoms with Crippen LogP contribution in [0.1, 0.15) is 24.2 Å². The Bertz CT molecular complexity index is 1190. The Morgan fingerprint density at radius 2 is 1.76 bits per heavy atom. The monoisotopic (exact) mass is 418 g/mol. The summed E-state index contributed by atoms with van der Waals surface area (Å²) >= 11 is 0. The minimum absolute atomic E-state index is 0.0380. The zero-order chi connectivity index (χ0) is 21.2. The van der Waals surface area contributed by atoms with E-state index < -0.39 is 15.8 Å². The third-order valence-corrected chi connectivity index (χ3v) is 6.74. The Labute approximate surface area is 168 Å². The number of fused-ring (bicyclic) bond motifs is 1. The number of rotatable bonds is 8. The molecule has 0 bridgehead atoms. The molecule has 0 aliphatic carbocycles. The highest BCUT2D eigenvalue weighted by Gasteiger charge is 2.23. The fourth-order valence-electron chi connectivity index (χ4n) is 3.08. The molecule has 0 radical (unpaired) electrons. The lowest BCUT2D eigenvalue weighted by Gasteiger charge is -2.18. The molecule has 8 nitrogen and oxygen atoms in total. The third-order valence-electron chi connectivity index (χ3n) is 4.70. The van der Waals surface area contributed by atoms with E-state index in [-0.39, 0.29) is 22.8 Å². The van der Waals surface area contributed by atoms with Crippen LogP contribution in [0.3, 0.4) is 0 Å². The van der Waals surface area contributed by atoms with E-state index in [0.29, 0.717) is 29.9 Å². The van der Waals surface area contributed by atoms with Gasteiger partial charge >= 0.3 is 5.76 Å². The number of hydrogen-bond acceptors (Lipinski definition) is 6. The minimum Gasteiger partial charge on any atom is -0.497 e. The zero-order valence-corrected chi connectivity index (χ0v) is 17.2. The highest BCUT2D eigenvalue weighted by atomic mass is 32.2. The normalized spacial score (nSPS) is 11.9. The second kappa shape index (κ2) is 8.22. The number of benzene rings is 2. The summed E-state index contributed by atoms with van der Waals surface area (Å²) in [7, 11) is -2.16. The maximum absolute atomic E-state index is 12.7. The van der Waals surface area contributed by atoms with Crippen molar-refractivity contribution in [2.75, 3.05) is 20.2 Å². The van der Waals surface area contributed by atoms with E-state index in [4.69, 9.17) is 9.15 Å². The van der Waals surface area contributed by atoms with Crippen molar-refractivity contribution in [3.63, 3.8) is 0 Å². The first kappa shape index (κ1) is 20.8. The molecule has 0 fully saturated rings. The van der Waals surface area contributed by atoms with E-state index in [1.807, 2.05) is 0 Å². The van der Waals surface area contributed by atoms with Gasteiger partial charge in [0, 0.05) is 24.7 Å². The van der Waals surface area contributed by atoms with Crippen molar-refractivity contribution >= 4 is 26.9 Å². The molecule has 2 aromatic carbocycles. The first-order valence-electron chi connectivity index (χ1n) is 9.12. The lowest BCUT2D eigenvalue weighted by atomic mass is 10.1. The Balaban J connectivity index is 1.95. The second-order valence-corrected chi connectivity index (χ2v) is 8.26. The van der Waals surface area contributed by atoms with Gasteiger partial charge in [-0.2, -0.15) is 4.31 Å². The largest absolute Gasteiger partial charge is 0.497 e. The van der Waals surface area contributed by atoms with Gasteiger partial charge in [-0.15, -0.1) is 0 Å². The molecule has 0 saturated carbocycles. The summed E-state index contributed by atoms with van der Waals surface area (Å²) in [6.45, 7) is 3.94. The number of carbonyl (C=O) groups excluding carboxylic acids is 1. The zero-order valence-electron chi connectivity index (χ0n) is 16.4. The highest BCUT2D eigenvalue weighted by Crippen LogP contribution is 2.22. The molecule has 0 atom stereocenters. The average molecular weight is 418 g/mol. The Morgan fingerprint density at radius 1 is 1.10 bits per heavy atom. The van der Waals surface area contributed by atoms with Gasteiger partial charge in [0.25, 0.3) is 0 Å². The maximum atomic E-state index is 12.7. The van der Waals surface area contributed by atoms with Crippen LogP contribution in [-0.2, 0) is 16.6 Å². The number of sulfonamides is 1. The number of carbonyl (C=O) groups is 1. The topological polar surface area (TPSA) is 98.8 Å². The van der Waals surface area contributed by atoms with Gasteiger partial charge < -0.3 is 9.15 Å². The van der Waals surface area contributed by atoms with Crippen molar-refractivity contribution < 1.29 is 22.4 Å². The second-order valence-electron chi connectivity index (χ2n) is 6.32. The molecular formula is C20H22N2O6S. The molecule has 0 unspecified atom stereocenters. The van der Waals surface area contributed by atoms with Gasteiger partial charge in [-0.3, -0.25) is 9.36 Å². The Hall–Kier alpha value is -2.91. The number of oxazole rings is 1. The van der Waals surface area contributed by atoms with Gasteiger partial charge in [-0.25, -0.2) is 13.2 Å². The molecule has 0 N–H and O–H groups in total. The predicted octanol–water partition coefficient (Wildman–Crippen LogP) is 2.52. The molecular weight excluding hydrogens is 396 g/mol. The molecule has 0 aliphatic rings. The lowest BCUT2D eigenvalue weighted by Crippen LogP contribution is -2.30. The summed E-state index contributed by atoms with van der Waals surface area (Å²) in [5.41, 5.74) is 0.897. The number of ether oxygens (including phenoxy) is 1. The van der Waals surface area contributed by atoms with Crippen LogP contribution in [0.5, 0.6) is 5.75 Å². The van der Waals surface area contributed by atoms with Crippen LogP contribution in [0.2, 0.25) is 0 Å². The van der Waals surface area contributed by atoms with Gasteiger partial charge in [0.05, 0.1) is 24.1 Å². The highest BCUT2D eigenvalue weighted by molar-refractivity contribution is 7.89. The van der Waals surface area contributed by atoms with Crippen molar-refractivity contribution in [3.8, 4) is 5.75 Å². The molecule has 0 saturated heterocycles. The molecule has 3 rings (SSSR count). The Kier molecular flexibility index (Phi) is 5.90. The molecule has 1 aromatic heterocycles. The van der Waals surface area contributed by atoms with Crippen LogP contribution in [0, 0.1) is 0 Å². The lowest BCUT2D eigenvalue weighted by molar-refractivity contribution is 0.0970. The first-order valence-corrected chi connectivity index (χ1v) is 10.6. The summed E-state index contributed by atoms with van der Waals surface area (Å²) in [4.78, 5) is 24.9. The van der Waals surface area contributed by atoms with Crippen LogP contribution in [0.4, 0.5) is 0 Å². The maximum Gasteiger partial charge on any atom is 0.420 e. The molecule has 29 heavy (non-hydrogen) atoms. The fourth-order valence-corrected chi connectivity index (χ4v) is 4.56. The molecule has 0 amide bonds. The molecule has 3 aromatic rings. The van der Waals surface area contributed by atoms with Crippen molar-refractivity contribution in [1.29, 1.82) is 0 Å². The van der Waals surface area contributed by atoms with E-state index in [9.17, 15) is 18.0 Å². The first-order chi connectivity index (χ1) is 13.8.